The third kappa shape index (κ3) is 6.09. The molecule has 4 aromatic carbocycles. The highest BCUT2D eigenvalue weighted by Crippen LogP contribution is 2.32. The van der Waals surface area contributed by atoms with Gasteiger partial charge in [0, 0.05) is 29.6 Å². The van der Waals surface area contributed by atoms with E-state index in [1.165, 1.54) is 4.31 Å². The summed E-state index contributed by atoms with van der Waals surface area (Å²) in [5.74, 6) is -0.0404. The van der Waals surface area contributed by atoms with Crippen LogP contribution in [-0.4, -0.2) is 56.3 Å². The van der Waals surface area contributed by atoms with Crippen molar-refractivity contribution in [1.29, 1.82) is 0 Å². The predicted octanol–water partition coefficient (Wildman–Crippen LogP) is 5.94. The summed E-state index contributed by atoms with van der Waals surface area (Å²) in [6.07, 6.45) is 0. The summed E-state index contributed by atoms with van der Waals surface area (Å²) in [5.41, 5.74) is 4.85. The minimum Gasteiger partial charge on any atom is -0.494 e. The zero-order valence-electron chi connectivity index (χ0n) is 22.5. The maximum atomic E-state index is 13.5. The number of fused-ring (bicyclic) bond motifs is 1. The van der Waals surface area contributed by atoms with Gasteiger partial charge in [-0.3, -0.25) is 4.31 Å². The van der Waals surface area contributed by atoms with Gasteiger partial charge < -0.3 is 15.0 Å². The van der Waals surface area contributed by atoms with Crippen LogP contribution in [0.5, 0.6) is 5.88 Å². The third-order valence-corrected chi connectivity index (χ3v) is 8.39. The Morgan fingerprint density at radius 3 is 2.10 bits per heavy atom. The number of hydrogen-bond acceptors (Lipinski definition) is 5. The van der Waals surface area contributed by atoms with Gasteiger partial charge in [-0.1, -0.05) is 78.9 Å². The number of nitrogens with one attached hydrogen (secondary N) is 1. The van der Waals surface area contributed by atoms with Crippen molar-refractivity contribution in [3.05, 3.63) is 126 Å². The monoisotopic (exact) mass is 552 g/mol. The van der Waals surface area contributed by atoms with Gasteiger partial charge in [-0.15, -0.1) is 0 Å². The van der Waals surface area contributed by atoms with Crippen molar-refractivity contribution in [2.45, 2.75) is 5.75 Å². The van der Waals surface area contributed by atoms with E-state index in [-0.39, 0.29) is 11.6 Å². The van der Waals surface area contributed by atoms with Gasteiger partial charge in [0.1, 0.15) is 0 Å². The number of aromatic hydroxyl groups is 1. The van der Waals surface area contributed by atoms with Gasteiger partial charge in [-0.2, -0.15) is 0 Å². The number of likely N-dealkylation sites (N-methyl/N-ethyl adjacent to an activating group) is 1. The molecule has 0 unspecified atom stereocenters. The Kier molecular flexibility index (Phi) is 8.00. The first-order chi connectivity index (χ1) is 19.3. The van der Waals surface area contributed by atoms with Gasteiger partial charge >= 0.3 is 0 Å². The molecule has 0 spiro atoms. The second-order valence-corrected chi connectivity index (χ2v) is 11.7. The van der Waals surface area contributed by atoms with Crippen LogP contribution < -0.4 is 4.31 Å². The molecule has 0 radical (unpaired) electrons. The Morgan fingerprint density at radius 2 is 1.43 bits per heavy atom. The highest BCUT2D eigenvalue weighted by Gasteiger charge is 2.23. The molecule has 7 nitrogen and oxygen atoms in total. The summed E-state index contributed by atoms with van der Waals surface area (Å²) in [6, 6.07) is 33.8. The minimum atomic E-state index is -3.63. The minimum absolute atomic E-state index is 0.0438. The highest BCUT2D eigenvalue weighted by atomic mass is 32.2. The zero-order chi connectivity index (χ0) is 28.1. The summed E-state index contributed by atoms with van der Waals surface area (Å²) < 4.78 is 28.5. The molecule has 2 N–H and O–H groups in total. The Bertz CT molecular complexity index is 1710. The van der Waals surface area contributed by atoms with Gasteiger partial charge in [0.05, 0.1) is 28.4 Å². The quantitative estimate of drug-likeness (QED) is 0.210. The van der Waals surface area contributed by atoms with E-state index in [4.69, 9.17) is 4.99 Å². The molecule has 204 valence electrons. The first-order valence-corrected chi connectivity index (χ1v) is 14.7. The maximum absolute atomic E-state index is 13.5. The lowest BCUT2D eigenvalue weighted by atomic mass is 10.0. The molecule has 0 bridgehead atoms. The molecular weight excluding hydrogens is 520 g/mol. The number of aromatic nitrogens is 1. The first-order valence-electron chi connectivity index (χ1n) is 13.0. The molecular formula is C32H32N4O3S. The van der Waals surface area contributed by atoms with Crippen LogP contribution in [0.1, 0.15) is 16.7 Å². The molecule has 0 aliphatic heterocycles. The fraction of sp³-hybridized carbons (Fsp3) is 0.156. The summed E-state index contributed by atoms with van der Waals surface area (Å²) in [6.45, 7) is 0.898. The van der Waals surface area contributed by atoms with E-state index in [2.05, 4.69) is 4.98 Å². The van der Waals surface area contributed by atoms with Crippen molar-refractivity contribution < 1.29 is 13.5 Å². The SMILES string of the molecule is CN(C)CCN(c1ccc(N=C(c2ccccc2)c2c(O)[nH]c3ccccc23)cc1)S(=O)(=O)Cc1ccccc1. The molecule has 40 heavy (non-hydrogen) atoms. The standard InChI is InChI=1S/C32H32N4O3S/c1-35(2)21-22-36(40(38,39)23-24-11-5-3-6-12-24)27-19-17-26(18-20-27)33-31(25-13-7-4-8-14-25)30-28-15-9-10-16-29(28)34-32(30)37/h3-20,34,37H,21-23H2,1-2H3. The average molecular weight is 553 g/mol. The topological polar surface area (TPSA) is 89.0 Å². The van der Waals surface area contributed by atoms with Crippen molar-refractivity contribution in [3.8, 4) is 5.88 Å². The van der Waals surface area contributed by atoms with Crippen LogP contribution in [0.3, 0.4) is 0 Å². The summed E-state index contributed by atoms with van der Waals surface area (Å²) in [5, 5.41) is 11.7. The van der Waals surface area contributed by atoms with Crippen LogP contribution in [0, 0.1) is 0 Å². The Labute approximate surface area is 235 Å². The van der Waals surface area contributed by atoms with Crippen LogP contribution in [0.25, 0.3) is 10.9 Å². The van der Waals surface area contributed by atoms with E-state index in [1.54, 1.807) is 12.1 Å². The van der Waals surface area contributed by atoms with E-state index >= 15 is 0 Å². The van der Waals surface area contributed by atoms with E-state index in [0.29, 0.717) is 35.7 Å². The third-order valence-electron chi connectivity index (χ3n) is 6.63. The second kappa shape index (κ2) is 11.8. The smallest absolute Gasteiger partial charge is 0.239 e. The second-order valence-electron chi connectivity index (χ2n) is 9.85. The van der Waals surface area contributed by atoms with Crippen molar-refractivity contribution >= 4 is 38.0 Å². The number of H-pyrrole nitrogens is 1. The number of benzene rings is 4. The molecule has 0 aliphatic carbocycles. The van der Waals surface area contributed by atoms with Crippen LogP contribution in [0.2, 0.25) is 0 Å². The number of hydrogen-bond donors (Lipinski definition) is 2. The number of aromatic amines is 1. The average Bonchev–Trinajstić information content (AvgIpc) is 3.28. The number of aliphatic imine (C=N–C) groups is 1. The molecule has 0 fully saturated rings. The molecule has 0 saturated heterocycles. The summed E-state index contributed by atoms with van der Waals surface area (Å²) in [7, 11) is 0.209. The lowest BCUT2D eigenvalue weighted by Gasteiger charge is -2.26. The number of para-hydroxylation sites is 1. The lowest BCUT2D eigenvalue weighted by molar-refractivity contribution is 0.419. The van der Waals surface area contributed by atoms with Crippen LogP contribution in [0.15, 0.2) is 114 Å². The van der Waals surface area contributed by atoms with Crippen molar-refractivity contribution in [3.63, 3.8) is 0 Å². The molecule has 0 aliphatic rings. The first kappa shape index (κ1) is 27.2. The van der Waals surface area contributed by atoms with Gasteiger partial charge in [-0.25, -0.2) is 13.4 Å². The number of sulfonamides is 1. The molecule has 8 heteroatoms. The largest absolute Gasteiger partial charge is 0.494 e. The number of rotatable bonds is 10. The van der Waals surface area contributed by atoms with Crippen molar-refractivity contribution in [2.24, 2.45) is 4.99 Å². The Morgan fingerprint density at radius 1 is 0.800 bits per heavy atom. The van der Waals surface area contributed by atoms with E-state index < -0.39 is 10.0 Å². The van der Waals surface area contributed by atoms with Gasteiger partial charge in [-0.05, 0) is 50.0 Å². The number of nitrogens with zero attached hydrogens (tertiary/aromatic N) is 3. The lowest BCUT2D eigenvalue weighted by Crippen LogP contribution is -2.37. The molecule has 1 aromatic heterocycles. The van der Waals surface area contributed by atoms with Crippen molar-refractivity contribution in [2.75, 3.05) is 31.5 Å². The van der Waals surface area contributed by atoms with Crippen molar-refractivity contribution in [1.82, 2.24) is 9.88 Å². The molecule has 0 saturated carbocycles. The Hall–Kier alpha value is -4.40. The molecule has 1 heterocycles. The van der Waals surface area contributed by atoms with Crippen LogP contribution >= 0.6 is 0 Å². The highest BCUT2D eigenvalue weighted by molar-refractivity contribution is 7.92. The van der Waals surface area contributed by atoms with E-state index in [9.17, 15) is 13.5 Å². The molecule has 0 amide bonds. The fourth-order valence-electron chi connectivity index (χ4n) is 4.63. The fourth-order valence-corrected chi connectivity index (χ4v) is 6.21. The normalized spacial score (nSPS) is 12.2. The Balaban J connectivity index is 1.53. The summed E-state index contributed by atoms with van der Waals surface area (Å²) >= 11 is 0. The molecule has 0 atom stereocenters. The number of anilines is 1. The van der Waals surface area contributed by atoms with Gasteiger partial charge in [0.2, 0.25) is 10.0 Å². The summed E-state index contributed by atoms with van der Waals surface area (Å²) in [4.78, 5) is 9.95. The predicted molar refractivity (Wildman–Crippen MR) is 163 cm³/mol. The van der Waals surface area contributed by atoms with E-state index in [1.807, 2.05) is 116 Å². The molecule has 5 aromatic rings. The zero-order valence-corrected chi connectivity index (χ0v) is 23.3. The van der Waals surface area contributed by atoms with Crippen LogP contribution in [-0.2, 0) is 15.8 Å². The van der Waals surface area contributed by atoms with Gasteiger partial charge in [0.25, 0.3) is 0 Å². The van der Waals surface area contributed by atoms with E-state index in [0.717, 1.165) is 22.0 Å². The maximum Gasteiger partial charge on any atom is 0.239 e. The molecule has 5 rings (SSSR count). The van der Waals surface area contributed by atoms with Crippen LogP contribution in [0.4, 0.5) is 11.4 Å². The van der Waals surface area contributed by atoms with Gasteiger partial charge in [0.15, 0.2) is 5.88 Å².